The summed E-state index contributed by atoms with van der Waals surface area (Å²) in [4.78, 5) is 37.4. The molecule has 11 heteroatoms. The van der Waals surface area contributed by atoms with Crippen LogP contribution in [-0.2, 0) is 33.9 Å². The van der Waals surface area contributed by atoms with E-state index >= 15 is 0 Å². The van der Waals surface area contributed by atoms with Crippen molar-refractivity contribution in [1.82, 2.24) is 9.21 Å². The van der Waals surface area contributed by atoms with Crippen LogP contribution in [0.2, 0.25) is 5.02 Å². The zero-order valence-corrected chi connectivity index (χ0v) is 18.0. The van der Waals surface area contributed by atoms with Crippen LogP contribution in [0.15, 0.2) is 29.2 Å². The standard InChI is InChI=1S/C19H23ClN2O7S/c1-13-12-16(19(25)28-13)29-18(24)7-6-17(23)21-8-10-22(11-9-21)30(26,27)15-4-2-14(20)3-5-15/h2-5,13,16H,6-12H2,1H3/t13-,16+/m1/s1. The topological polar surface area (TPSA) is 110 Å². The van der Waals surface area contributed by atoms with E-state index in [-0.39, 0.29) is 55.9 Å². The Balaban J connectivity index is 1.45. The molecule has 9 nitrogen and oxygen atoms in total. The maximum absolute atomic E-state index is 12.7. The third kappa shape index (κ3) is 5.30. The number of benzene rings is 1. The fraction of sp³-hybridized carbons (Fsp3) is 0.526. The molecule has 164 valence electrons. The van der Waals surface area contributed by atoms with Gasteiger partial charge in [-0.25, -0.2) is 13.2 Å². The molecule has 0 N–H and O–H groups in total. The number of halogens is 1. The fourth-order valence-electron chi connectivity index (χ4n) is 3.33. The molecule has 1 aromatic rings. The zero-order chi connectivity index (χ0) is 21.9. The Hall–Kier alpha value is -2.17. The Morgan fingerprint density at radius 1 is 1.13 bits per heavy atom. The molecule has 2 aliphatic heterocycles. The number of rotatable bonds is 6. The normalized spacial score (nSPS) is 22.6. The van der Waals surface area contributed by atoms with Gasteiger partial charge in [-0.05, 0) is 31.2 Å². The molecular formula is C19H23ClN2O7S. The van der Waals surface area contributed by atoms with Crippen LogP contribution in [0.4, 0.5) is 0 Å². The molecule has 1 amide bonds. The second-order valence-electron chi connectivity index (χ2n) is 7.20. The van der Waals surface area contributed by atoms with Crippen molar-refractivity contribution in [2.45, 2.75) is 43.3 Å². The average Bonchev–Trinajstić information content (AvgIpc) is 3.03. The lowest BCUT2D eigenvalue weighted by atomic mass is 10.2. The minimum absolute atomic E-state index is 0.0694. The fourth-order valence-corrected chi connectivity index (χ4v) is 4.88. The number of hydrogen-bond acceptors (Lipinski definition) is 7. The third-order valence-electron chi connectivity index (χ3n) is 4.99. The predicted octanol–water partition coefficient (Wildman–Crippen LogP) is 1.20. The lowest BCUT2D eigenvalue weighted by Gasteiger charge is -2.34. The van der Waals surface area contributed by atoms with Crippen LogP contribution >= 0.6 is 11.6 Å². The van der Waals surface area contributed by atoms with E-state index in [1.54, 1.807) is 6.92 Å². The van der Waals surface area contributed by atoms with Gasteiger partial charge in [0.15, 0.2) is 0 Å². The van der Waals surface area contributed by atoms with E-state index in [1.807, 2.05) is 0 Å². The molecule has 3 rings (SSSR count). The number of carbonyl (C=O) groups excluding carboxylic acids is 3. The highest BCUT2D eigenvalue weighted by Crippen LogP contribution is 2.21. The number of nitrogens with zero attached hydrogens (tertiary/aromatic N) is 2. The van der Waals surface area contributed by atoms with Gasteiger partial charge < -0.3 is 14.4 Å². The first-order chi connectivity index (χ1) is 14.2. The number of piperazine rings is 1. The lowest BCUT2D eigenvalue weighted by Crippen LogP contribution is -2.50. The first kappa shape index (κ1) is 22.5. The summed E-state index contributed by atoms with van der Waals surface area (Å²) < 4.78 is 36.7. The van der Waals surface area contributed by atoms with Crippen LogP contribution in [0.5, 0.6) is 0 Å². The van der Waals surface area contributed by atoms with Crippen LogP contribution in [0.1, 0.15) is 26.2 Å². The van der Waals surface area contributed by atoms with Crippen molar-refractivity contribution in [2.75, 3.05) is 26.2 Å². The summed E-state index contributed by atoms with van der Waals surface area (Å²) >= 11 is 5.81. The number of amides is 1. The summed E-state index contributed by atoms with van der Waals surface area (Å²) in [6.45, 7) is 2.49. The second-order valence-corrected chi connectivity index (χ2v) is 9.57. The molecule has 0 bridgehead atoms. The number of cyclic esters (lactones) is 1. The molecular weight excluding hydrogens is 436 g/mol. The molecule has 2 fully saturated rings. The van der Waals surface area contributed by atoms with Crippen LogP contribution in [0, 0.1) is 0 Å². The van der Waals surface area contributed by atoms with E-state index in [0.717, 1.165) is 0 Å². The molecule has 1 aromatic carbocycles. The highest BCUT2D eigenvalue weighted by atomic mass is 35.5. The Morgan fingerprint density at radius 3 is 2.33 bits per heavy atom. The number of hydrogen-bond donors (Lipinski definition) is 0. The molecule has 0 spiro atoms. The summed E-state index contributed by atoms with van der Waals surface area (Å²) in [5.74, 6) is -1.47. The molecule has 2 aliphatic rings. The first-order valence-corrected chi connectivity index (χ1v) is 11.4. The van der Waals surface area contributed by atoms with Gasteiger partial charge in [-0.3, -0.25) is 9.59 Å². The molecule has 0 saturated carbocycles. The largest absolute Gasteiger partial charge is 0.460 e. The minimum atomic E-state index is -3.66. The zero-order valence-electron chi connectivity index (χ0n) is 16.5. The highest BCUT2D eigenvalue weighted by Gasteiger charge is 2.35. The van der Waals surface area contributed by atoms with Crippen molar-refractivity contribution in [3.05, 3.63) is 29.3 Å². The Kier molecular flexibility index (Phi) is 6.99. The maximum Gasteiger partial charge on any atom is 0.347 e. The molecule has 0 aliphatic carbocycles. The van der Waals surface area contributed by atoms with Crippen molar-refractivity contribution >= 4 is 39.5 Å². The summed E-state index contributed by atoms with van der Waals surface area (Å²) in [5, 5.41) is 0.447. The Morgan fingerprint density at radius 2 is 1.77 bits per heavy atom. The molecule has 2 heterocycles. The van der Waals surface area contributed by atoms with E-state index in [2.05, 4.69) is 0 Å². The average molecular weight is 459 g/mol. The van der Waals surface area contributed by atoms with E-state index in [1.165, 1.54) is 33.5 Å². The van der Waals surface area contributed by atoms with Crippen LogP contribution in [0.3, 0.4) is 0 Å². The lowest BCUT2D eigenvalue weighted by molar-refractivity contribution is -0.161. The van der Waals surface area contributed by atoms with Gasteiger partial charge in [-0.2, -0.15) is 4.31 Å². The summed E-state index contributed by atoms with van der Waals surface area (Å²) in [6, 6.07) is 5.92. The molecule has 30 heavy (non-hydrogen) atoms. The van der Waals surface area contributed by atoms with Crippen LogP contribution in [-0.4, -0.2) is 73.9 Å². The van der Waals surface area contributed by atoms with Crippen molar-refractivity contribution in [1.29, 1.82) is 0 Å². The van der Waals surface area contributed by atoms with Gasteiger partial charge in [-0.1, -0.05) is 11.6 Å². The van der Waals surface area contributed by atoms with Gasteiger partial charge in [0.25, 0.3) is 0 Å². The smallest absolute Gasteiger partial charge is 0.347 e. The highest BCUT2D eigenvalue weighted by molar-refractivity contribution is 7.89. The van der Waals surface area contributed by atoms with Gasteiger partial charge in [0.1, 0.15) is 6.10 Å². The quantitative estimate of drug-likeness (QED) is 0.589. The van der Waals surface area contributed by atoms with E-state index in [9.17, 15) is 22.8 Å². The molecule has 0 radical (unpaired) electrons. The molecule has 2 atom stereocenters. The monoisotopic (exact) mass is 458 g/mol. The Labute approximate surface area is 179 Å². The molecule has 0 unspecified atom stereocenters. The van der Waals surface area contributed by atoms with E-state index in [4.69, 9.17) is 21.1 Å². The Bertz CT molecular complexity index is 911. The van der Waals surface area contributed by atoms with E-state index in [0.29, 0.717) is 11.4 Å². The molecule has 2 saturated heterocycles. The SMILES string of the molecule is C[C@@H]1C[C@H](OC(=O)CCC(=O)N2CCN(S(=O)(=O)c3ccc(Cl)cc3)CC2)C(=O)O1. The van der Waals surface area contributed by atoms with Gasteiger partial charge in [0, 0.05) is 44.0 Å². The predicted molar refractivity (Wildman–Crippen MR) is 106 cm³/mol. The number of ether oxygens (including phenoxy) is 2. The van der Waals surface area contributed by atoms with Crippen molar-refractivity contribution < 1.29 is 32.3 Å². The summed E-state index contributed by atoms with van der Waals surface area (Å²) in [6.07, 6.45) is -1.12. The van der Waals surface area contributed by atoms with Crippen LogP contribution in [0.25, 0.3) is 0 Å². The van der Waals surface area contributed by atoms with E-state index < -0.39 is 28.1 Å². The van der Waals surface area contributed by atoms with Crippen molar-refractivity contribution in [3.63, 3.8) is 0 Å². The van der Waals surface area contributed by atoms with Crippen molar-refractivity contribution in [3.8, 4) is 0 Å². The minimum Gasteiger partial charge on any atom is -0.460 e. The number of carbonyl (C=O) groups is 3. The van der Waals surface area contributed by atoms with Crippen LogP contribution < -0.4 is 0 Å². The first-order valence-electron chi connectivity index (χ1n) is 9.60. The van der Waals surface area contributed by atoms with Crippen molar-refractivity contribution in [2.24, 2.45) is 0 Å². The summed E-state index contributed by atoms with van der Waals surface area (Å²) in [7, 11) is -3.66. The number of esters is 2. The maximum atomic E-state index is 12.7. The van der Waals surface area contributed by atoms with Gasteiger partial charge in [0.05, 0.1) is 11.3 Å². The van der Waals surface area contributed by atoms with Gasteiger partial charge >= 0.3 is 11.9 Å². The van der Waals surface area contributed by atoms with Gasteiger partial charge in [-0.15, -0.1) is 0 Å². The second kappa shape index (κ2) is 9.32. The summed E-state index contributed by atoms with van der Waals surface area (Å²) in [5.41, 5.74) is 0. The molecule has 0 aromatic heterocycles. The number of sulfonamides is 1. The van der Waals surface area contributed by atoms with Gasteiger partial charge in [0.2, 0.25) is 22.0 Å². The third-order valence-corrected chi connectivity index (χ3v) is 7.15.